The molecule has 0 aliphatic carbocycles. The zero-order valence-corrected chi connectivity index (χ0v) is 14.4. The summed E-state index contributed by atoms with van der Waals surface area (Å²) in [7, 11) is 2.73. The van der Waals surface area contributed by atoms with Crippen molar-refractivity contribution < 1.29 is 4.79 Å². The summed E-state index contributed by atoms with van der Waals surface area (Å²) in [6.07, 6.45) is 0. The lowest BCUT2D eigenvalue weighted by atomic mass is 10.1. The van der Waals surface area contributed by atoms with Crippen LogP contribution in [0.1, 0.15) is 17.3 Å². The highest BCUT2D eigenvalue weighted by atomic mass is 35.5. The van der Waals surface area contributed by atoms with Gasteiger partial charge in [-0.1, -0.05) is 23.7 Å². The molecule has 0 amide bonds. The SMILES string of the molecule is C[C@H](Sc1ccccc1Cl)C(=O)c1c(N)n(C)c(=O)n(C)c1=O. The first-order chi connectivity index (χ1) is 10.8. The minimum absolute atomic E-state index is 0.130. The van der Waals surface area contributed by atoms with Crippen LogP contribution in [0.5, 0.6) is 0 Å². The highest BCUT2D eigenvalue weighted by molar-refractivity contribution is 8.00. The lowest BCUT2D eigenvalue weighted by Crippen LogP contribution is -2.42. The van der Waals surface area contributed by atoms with Crippen molar-refractivity contribution in [3.8, 4) is 0 Å². The third kappa shape index (κ3) is 3.20. The number of ketones is 1. The van der Waals surface area contributed by atoms with Crippen molar-refractivity contribution in [1.29, 1.82) is 0 Å². The number of carbonyl (C=O) groups is 1. The summed E-state index contributed by atoms with van der Waals surface area (Å²) in [5.41, 5.74) is 4.36. The van der Waals surface area contributed by atoms with Gasteiger partial charge in [-0.05, 0) is 19.1 Å². The average Bonchev–Trinajstić information content (AvgIpc) is 2.53. The van der Waals surface area contributed by atoms with Gasteiger partial charge in [-0.25, -0.2) is 4.79 Å². The van der Waals surface area contributed by atoms with E-state index in [2.05, 4.69) is 0 Å². The molecule has 0 spiro atoms. The second-order valence-electron chi connectivity index (χ2n) is 5.02. The lowest BCUT2D eigenvalue weighted by molar-refractivity contribution is 0.0992. The first-order valence-electron chi connectivity index (χ1n) is 6.76. The van der Waals surface area contributed by atoms with E-state index >= 15 is 0 Å². The second kappa shape index (κ2) is 6.64. The number of Topliss-reactive ketones (excluding diaryl/α,β-unsaturated/α-hetero) is 1. The van der Waals surface area contributed by atoms with Gasteiger partial charge in [0.25, 0.3) is 5.56 Å². The Morgan fingerprint density at radius 1 is 1.22 bits per heavy atom. The summed E-state index contributed by atoms with van der Waals surface area (Å²) in [6.45, 7) is 1.67. The van der Waals surface area contributed by atoms with Crippen LogP contribution in [0.4, 0.5) is 5.82 Å². The van der Waals surface area contributed by atoms with Crippen LogP contribution in [0.2, 0.25) is 5.02 Å². The predicted molar refractivity (Wildman–Crippen MR) is 92.4 cm³/mol. The van der Waals surface area contributed by atoms with Gasteiger partial charge in [0.1, 0.15) is 11.4 Å². The molecule has 2 aromatic rings. The molecular weight excluding hydrogens is 338 g/mol. The number of nitrogens with zero attached hydrogens (tertiary/aromatic N) is 2. The molecule has 0 unspecified atom stereocenters. The topological polar surface area (TPSA) is 87.1 Å². The average molecular weight is 354 g/mol. The number of carbonyl (C=O) groups excluding carboxylic acids is 1. The number of rotatable bonds is 4. The number of halogens is 1. The molecule has 0 saturated carbocycles. The van der Waals surface area contributed by atoms with Gasteiger partial charge in [-0.15, -0.1) is 11.8 Å². The normalized spacial score (nSPS) is 12.2. The molecule has 122 valence electrons. The fourth-order valence-electron chi connectivity index (χ4n) is 2.08. The monoisotopic (exact) mass is 353 g/mol. The quantitative estimate of drug-likeness (QED) is 0.667. The van der Waals surface area contributed by atoms with E-state index in [1.165, 1.54) is 25.9 Å². The van der Waals surface area contributed by atoms with Crippen molar-refractivity contribution >= 4 is 35.0 Å². The van der Waals surface area contributed by atoms with E-state index in [1.54, 1.807) is 25.1 Å². The van der Waals surface area contributed by atoms with E-state index in [4.69, 9.17) is 17.3 Å². The smallest absolute Gasteiger partial charge is 0.332 e. The van der Waals surface area contributed by atoms with Crippen molar-refractivity contribution in [2.45, 2.75) is 17.1 Å². The molecular formula is C15H16ClN3O3S. The van der Waals surface area contributed by atoms with Gasteiger partial charge in [0, 0.05) is 19.0 Å². The van der Waals surface area contributed by atoms with E-state index in [1.807, 2.05) is 6.07 Å². The van der Waals surface area contributed by atoms with Crippen molar-refractivity contribution in [3.05, 3.63) is 55.7 Å². The largest absolute Gasteiger partial charge is 0.384 e. The van der Waals surface area contributed by atoms with Gasteiger partial charge >= 0.3 is 5.69 Å². The lowest BCUT2D eigenvalue weighted by Gasteiger charge is -2.14. The number of hydrogen-bond donors (Lipinski definition) is 1. The van der Waals surface area contributed by atoms with Crippen molar-refractivity contribution in [1.82, 2.24) is 9.13 Å². The van der Waals surface area contributed by atoms with E-state index in [0.717, 1.165) is 14.0 Å². The van der Waals surface area contributed by atoms with Crippen LogP contribution in [-0.2, 0) is 14.1 Å². The maximum Gasteiger partial charge on any atom is 0.332 e. The zero-order valence-electron chi connectivity index (χ0n) is 12.9. The second-order valence-corrected chi connectivity index (χ2v) is 6.81. The number of thioether (sulfide) groups is 1. The fourth-order valence-corrected chi connectivity index (χ4v) is 3.29. The first-order valence-corrected chi connectivity index (χ1v) is 8.02. The van der Waals surface area contributed by atoms with Gasteiger partial charge in [0.05, 0.1) is 10.3 Å². The summed E-state index contributed by atoms with van der Waals surface area (Å²) in [5, 5.41) is -0.0547. The molecule has 6 nitrogen and oxygen atoms in total. The Hall–Kier alpha value is -1.99. The van der Waals surface area contributed by atoms with Crippen LogP contribution in [0.15, 0.2) is 38.8 Å². The van der Waals surface area contributed by atoms with Crippen molar-refractivity contribution in [2.24, 2.45) is 14.1 Å². The van der Waals surface area contributed by atoms with Crippen LogP contribution in [-0.4, -0.2) is 20.2 Å². The number of nitrogens with two attached hydrogens (primary N) is 1. The molecule has 23 heavy (non-hydrogen) atoms. The molecule has 2 rings (SSSR count). The first kappa shape index (κ1) is 17.4. The third-order valence-corrected chi connectivity index (χ3v) is 5.09. The number of nitrogen functional groups attached to an aromatic ring is 1. The van der Waals surface area contributed by atoms with E-state index in [0.29, 0.717) is 5.02 Å². The predicted octanol–water partition coefficient (Wildman–Crippen LogP) is 1.68. The van der Waals surface area contributed by atoms with E-state index in [9.17, 15) is 14.4 Å². The van der Waals surface area contributed by atoms with Gasteiger partial charge < -0.3 is 5.73 Å². The maximum atomic E-state index is 12.6. The van der Waals surface area contributed by atoms with Gasteiger partial charge in [0.15, 0.2) is 5.78 Å². The zero-order chi connectivity index (χ0) is 17.3. The Morgan fingerprint density at radius 3 is 2.43 bits per heavy atom. The summed E-state index contributed by atoms with van der Waals surface area (Å²) >= 11 is 7.32. The molecule has 2 N–H and O–H groups in total. The van der Waals surface area contributed by atoms with Crippen LogP contribution in [0.25, 0.3) is 0 Å². The summed E-state index contributed by atoms with van der Waals surface area (Å²) in [6, 6.07) is 7.12. The minimum atomic E-state index is -0.692. The standard InChI is InChI=1S/C15H16ClN3O3S/c1-8(23-10-7-5-4-6-9(10)16)12(20)11-13(17)18(2)15(22)19(3)14(11)21/h4-8H,17H2,1-3H3/t8-/m0/s1. The maximum absolute atomic E-state index is 12.6. The molecule has 0 bridgehead atoms. The minimum Gasteiger partial charge on any atom is -0.384 e. The van der Waals surface area contributed by atoms with Crippen LogP contribution < -0.4 is 17.0 Å². The Balaban J connectivity index is 2.44. The fraction of sp³-hybridized carbons (Fsp3) is 0.267. The van der Waals surface area contributed by atoms with Crippen LogP contribution in [0.3, 0.4) is 0 Å². The van der Waals surface area contributed by atoms with E-state index in [-0.39, 0.29) is 11.4 Å². The summed E-state index contributed by atoms with van der Waals surface area (Å²) < 4.78 is 1.96. The van der Waals surface area contributed by atoms with Crippen molar-refractivity contribution in [3.63, 3.8) is 0 Å². The Labute approximate surface area is 141 Å². The molecule has 1 atom stereocenters. The molecule has 0 fully saturated rings. The molecule has 0 saturated heterocycles. The number of aromatic nitrogens is 2. The highest BCUT2D eigenvalue weighted by Crippen LogP contribution is 2.31. The molecule has 1 aromatic carbocycles. The van der Waals surface area contributed by atoms with Gasteiger partial charge in [0.2, 0.25) is 0 Å². The number of anilines is 1. The Morgan fingerprint density at radius 2 is 1.83 bits per heavy atom. The third-order valence-electron chi connectivity index (χ3n) is 3.47. The molecule has 0 aliphatic rings. The summed E-state index contributed by atoms with van der Waals surface area (Å²) in [4.78, 5) is 37.4. The van der Waals surface area contributed by atoms with Gasteiger partial charge in [-0.2, -0.15) is 0 Å². The summed E-state index contributed by atoms with van der Waals surface area (Å²) in [5.74, 6) is -0.571. The Kier molecular flexibility index (Phi) is 5.01. The van der Waals surface area contributed by atoms with Crippen LogP contribution >= 0.6 is 23.4 Å². The molecule has 0 radical (unpaired) electrons. The molecule has 0 aliphatic heterocycles. The highest BCUT2D eigenvalue weighted by Gasteiger charge is 2.25. The van der Waals surface area contributed by atoms with Crippen molar-refractivity contribution in [2.75, 3.05) is 5.73 Å². The molecule has 1 aromatic heterocycles. The van der Waals surface area contributed by atoms with E-state index < -0.39 is 22.3 Å². The number of benzene rings is 1. The molecule has 1 heterocycles. The van der Waals surface area contributed by atoms with Crippen LogP contribution in [0, 0.1) is 0 Å². The number of hydrogen-bond acceptors (Lipinski definition) is 5. The molecule has 8 heteroatoms. The van der Waals surface area contributed by atoms with Gasteiger partial charge in [-0.3, -0.25) is 18.7 Å². The Bertz CT molecular complexity index is 889.